The van der Waals surface area contributed by atoms with Gasteiger partial charge in [-0.3, -0.25) is 0 Å². The van der Waals surface area contributed by atoms with Crippen molar-refractivity contribution in [2.75, 3.05) is 5.32 Å². The first-order valence-corrected chi connectivity index (χ1v) is 11.9. The number of benzene rings is 3. The van der Waals surface area contributed by atoms with Crippen LogP contribution in [-0.4, -0.2) is 12.2 Å². The number of nitrogens with one attached hydrogen (secondary N) is 2. The standard InChI is InChI=1S/C22H18BrI2N3O2/c1-14-9-17(7-8-18(14)23)27-22(29)28-26-12-16-10-19(24)21(20(25)11-16)30-13-15-5-3-2-4-6-15/h2-12H,13H2,1H3,(H2,27,28,29)/b26-12+. The Bertz CT molecular complexity index is 1050. The van der Waals surface area contributed by atoms with Crippen LogP contribution in [0, 0.1) is 14.1 Å². The number of rotatable bonds is 6. The fraction of sp³-hybridized carbons (Fsp3) is 0.0909. The third-order valence-electron chi connectivity index (χ3n) is 4.04. The van der Waals surface area contributed by atoms with Gasteiger partial charge in [-0.25, -0.2) is 10.2 Å². The van der Waals surface area contributed by atoms with Crippen LogP contribution in [0.15, 0.2) is 70.2 Å². The Kier molecular flexibility index (Phi) is 8.51. The predicted octanol–water partition coefficient (Wildman–Crippen LogP) is 6.70. The Labute approximate surface area is 211 Å². The summed E-state index contributed by atoms with van der Waals surface area (Å²) >= 11 is 7.93. The summed E-state index contributed by atoms with van der Waals surface area (Å²) in [7, 11) is 0. The smallest absolute Gasteiger partial charge is 0.339 e. The van der Waals surface area contributed by atoms with E-state index in [0.29, 0.717) is 12.3 Å². The lowest BCUT2D eigenvalue weighted by Gasteiger charge is -2.11. The highest BCUT2D eigenvalue weighted by Gasteiger charge is 2.09. The number of amides is 2. The molecule has 8 heteroatoms. The highest BCUT2D eigenvalue weighted by Crippen LogP contribution is 2.29. The van der Waals surface area contributed by atoms with Crippen molar-refractivity contribution in [3.63, 3.8) is 0 Å². The summed E-state index contributed by atoms with van der Waals surface area (Å²) in [6.07, 6.45) is 1.61. The Morgan fingerprint density at radius 2 is 1.80 bits per heavy atom. The molecule has 154 valence electrons. The average molecular weight is 690 g/mol. The highest BCUT2D eigenvalue weighted by atomic mass is 127. The first-order valence-electron chi connectivity index (χ1n) is 8.94. The lowest BCUT2D eigenvalue weighted by molar-refractivity contribution is 0.252. The minimum absolute atomic E-state index is 0.403. The summed E-state index contributed by atoms with van der Waals surface area (Å²) in [5, 5.41) is 6.79. The van der Waals surface area contributed by atoms with Gasteiger partial charge < -0.3 is 10.1 Å². The number of carbonyl (C=O) groups excluding carboxylic acids is 1. The van der Waals surface area contributed by atoms with E-state index in [2.05, 4.69) is 77.0 Å². The highest BCUT2D eigenvalue weighted by molar-refractivity contribution is 14.1. The number of hydrogen-bond acceptors (Lipinski definition) is 3. The molecule has 3 aromatic rings. The fourth-order valence-electron chi connectivity index (χ4n) is 2.57. The molecule has 0 saturated carbocycles. The van der Waals surface area contributed by atoms with Gasteiger partial charge in [0.1, 0.15) is 12.4 Å². The van der Waals surface area contributed by atoms with Crippen LogP contribution in [0.5, 0.6) is 5.75 Å². The zero-order valence-electron chi connectivity index (χ0n) is 16.0. The van der Waals surface area contributed by atoms with Crippen molar-refractivity contribution in [2.24, 2.45) is 5.10 Å². The molecule has 0 unspecified atom stereocenters. The zero-order valence-corrected chi connectivity index (χ0v) is 21.9. The van der Waals surface area contributed by atoms with Gasteiger partial charge in [0.15, 0.2) is 0 Å². The van der Waals surface area contributed by atoms with Crippen LogP contribution in [0.25, 0.3) is 0 Å². The third-order valence-corrected chi connectivity index (χ3v) is 6.53. The normalized spacial score (nSPS) is 10.8. The first-order chi connectivity index (χ1) is 14.4. The van der Waals surface area contributed by atoms with Crippen LogP contribution in [0.1, 0.15) is 16.7 Å². The van der Waals surface area contributed by atoms with Gasteiger partial charge in [-0.05, 0) is 99.1 Å². The van der Waals surface area contributed by atoms with E-state index in [-0.39, 0.29) is 0 Å². The number of urea groups is 1. The van der Waals surface area contributed by atoms with Crippen molar-refractivity contribution in [1.29, 1.82) is 0 Å². The largest absolute Gasteiger partial charge is 0.487 e. The average Bonchev–Trinajstić information content (AvgIpc) is 2.71. The summed E-state index contributed by atoms with van der Waals surface area (Å²) in [5.74, 6) is 0.841. The number of aryl methyl sites for hydroxylation is 1. The molecule has 0 aliphatic rings. The Morgan fingerprint density at radius 3 is 2.47 bits per heavy atom. The van der Waals surface area contributed by atoms with Crippen LogP contribution < -0.4 is 15.5 Å². The van der Waals surface area contributed by atoms with E-state index in [1.165, 1.54) is 0 Å². The van der Waals surface area contributed by atoms with Gasteiger partial charge in [-0.2, -0.15) is 5.10 Å². The summed E-state index contributed by atoms with van der Waals surface area (Å²) in [6, 6.07) is 19.2. The molecule has 0 aliphatic heterocycles. The molecule has 0 aromatic heterocycles. The van der Waals surface area contributed by atoms with Crippen molar-refractivity contribution < 1.29 is 9.53 Å². The minimum atomic E-state index is -0.403. The maximum absolute atomic E-state index is 12.0. The van der Waals surface area contributed by atoms with E-state index in [0.717, 1.165) is 34.1 Å². The van der Waals surface area contributed by atoms with Gasteiger partial charge in [0.25, 0.3) is 0 Å². The van der Waals surface area contributed by atoms with Gasteiger partial charge in [0.05, 0.1) is 13.4 Å². The molecule has 0 aliphatic carbocycles. The van der Waals surface area contributed by atoms with E-state index in [9.17, 15) is 4.79 Å². The van der Waals surface area contributed by atoms with Crippen molar-refractivity contribution in [3.8, 4) is 5.75 Å². The number of nitrogens with zero attached hydrogens (tertiary/aromatic N) is 1. The summed E-state index contributed by atoms with van der Waals surface area (Å²) in [4.78, 5) is 12.0. The van der Waals surface area contributed by atoms with E-state index >= 15 is 0 Å². The molecule has 0 heterocycles. The summed E-state index contributed by atoms with van der Waals surface area (Å²) < 4.78 is 8.94. The van der Waals surface area contributed by atoms with Crippen LogP contribution >= 0.6 is 61.1 Å². The number of carbonyl (C=O) groups is 1. The van der Waals surface area contributed by atoms with Gasteiger partial charge in [0.2, 0.25) is 0 Å². The topological polar surface area (TPSA) is 62.7 Å². The van der Waals surface area contributed by atoms with Crippen LogP contribution in [-0.2, 0) is 6.61 Å². The molecule has 0 atom stereocenters. The van der Waals surface area contributed by atoms with Crippen LogP contribution in [0.3, 0.4) is 0 Å². The second-order valence-corrected chi connectivity index (χ2v) is 9.55. The number of halogens is 3. The second-order valence-electron chi connectivity index (χ2n) is 6.38. The number of anilines is 1. The molecular weight excluding hydrogens is 672 g/mol. The van der Waals surface area contributed by atoms with E-state index in [1.54, 1.807) is 6.21 Å². The van der Waals surface area contributed by atoms with Crippen molar-refractivity contribution in [3.05, 3.63) is 89.0 Å². The van der Waals surface area contributed by atoms with E-state index in [4.69, 9.17) is 4.74 Å². The quantitative estimate of drug-likeness (QED) is 0.172. The van der Waals surface area contributed by atoms with E-state index in [1.807, 2.05) is 67.6 Å². The lowest BCUT2D eigenvalue weighted by atomic mass is 10.2. The Balaban J connectivity index is 1.58. The molecule has 3 aromatic carbocycles. The summed E-state index contributed by atoms with van der Waals surface area (Å²) in [5.41, 5.74) is 6.21. The number of hydrogen-bond donors (Lipinski definition) is 2. The first kappa shape index (κ1) is 23.0. The number of hydrazone groups is 1. The molecular formula is C22H18BrI2N3O2. The molecule has 5 nitrogen and oxygen atoms in total. The van der Waals surface area contributed by atoms with Gasteiger partial charge >= 0.3 is 6.03 Å². The van der Waals surface area contributed by atoms with Crippen LogP contribution in [0.4, 0.5) is 10.5 Å². The monoisotopic (exact) mass is 689 g/mol. The van der Waals surface area contributed by atoms with Gasteiger partial charge in [0, 0.05) is 10.2 Å². The maximum Gasteiger partial charge on any atom is 0.339 e. The molecule has 2 N–H and O–H groups in total. The van der Waals surface area contributed by atoms with Crippen molar-refractivity contribution >= 4 is 79.0 Å². The zero-order chi connectivity index (χ0) is 21.5. The van der Waals surface area contributed by atoms with Crippen LogP contribution in [0.2, 0.25) is 0 Å². The van der Waals surface area contributed by atoms with E-state index < -0.39 is 6.03 Å². The fourth-order valence-corrected chi connectivity index (χ4v) is 4.94. The molecule has 0 bridgehead atoms. The molecule has 0 saturated heterocycles. The maximum atomic E-state index is 12.0. The van der Waals surface area contributed by atoms with Crippen molar-refractivity contribution in [1.82, 2.24) is 5.43 Å². The minimum Gasteiger partial charge on any atom is -0.487 e. The third kappa shape index (κ3) is 6.67. The lowest BCUT2D eigenvalue weighted by Crippen LogP contribution is -2.24. The van der Waals surface area contributed by atoms with Crippen molar-refractivity contribution in [2.45, 2.75) is 13.5 Å². The Hall–Kier alpha value is -1.66. The SMILES string of the molecule is Cc1cc(NC(=O)N/N=C/c2cc(I)c(OCc3ccccc3)c(I)c2)ccc1Br. The second kappa shape index (κ2) is 11.1. The molecule has 0 spiro atoms. The molecule has 0 radical (unpaired) electrons. The molecule has 0 fully saturated rings. The number of ether oxygens (including phenoxy) is 1. The van der Waals surface area contributed by atoms with Gasteiger partial charge in [-0.1, -0.05) is 46.3 Å². The molecule has 30 heavy (non-hydrogen) atoms. The van der Waals surface area contributed by atoms with Gasteiger partial charge in [-0.15, -0.1) is 0 Å². The Morgan fingerprint density at radius 1 is 1.10 bits per heavy atom. The predicted molar refractivity (Wildman–Crippen MR) is 141 cm³/mol. The summed E-state index contributed by atoms with van der Waals surface area (Å²) in [6.45, 7) is 2.47. The molecule has 2 amide bonds. The molecule has 3 rings (SSSR count).